The van der Waals surface area contributed by atoms with Crippen LogP contribution in [0.4, 0.5) is 0 Å². The minimum atomic E-state index is -1.08. The largest absolute Gasteiger partial charge is 0.481 e. The molecule has 196 valence electrons. The van der Waals surface area contributed by atoms with Crippen molar-refractivity contribution in [3.63, 3.8) is 0 Å². The van der Waals surface area contributed by atoms with Crippen molar-refractivity contribution in [2.45, 2.75) is 25.3 Å². The van der Waals surface area contributed by atoms with Crippen molar-refractivity contribution in [3.05, 3.63) is 93.2 Å². The Kier molecular flexibility index (Phi) is 6.28. The normalized spacial score (nSPS) is 16.0. The summed E-state index contributed by atoms with van der Waals surface area (Å²) in [5.41, 5.74) is 3.17. The fourth-order valence-corrected chi connectivity index (χ4v) is 5.22. The number of halogens is 1. The zero-order valence-corrected chi connectivity index (χ0v) is 21.3. The second-order valence-corrected chi connectivity index (χ2v) is 9.71. The zero-order valence-electron chi connectivity index (χ0n) is 20.5. The number of carboxylic acids is 1. The number of ether oxygens (including phenoxy) is 2. The number of benzene rings is 3. The van der Waals surface area contributed by atoms with Gasteiger partial charge in [-0.15, -0.1) is 0 Å². The van der Waals surface area contributed by atoms with Gasteiger partial charge >= 0.3 is 5.97 Å². The number of H-pyrrole nitrogens is 1. The maximum absolute atomic E-state index is 13.6. The number of hydrogen-bond donors (Lipinski definition) is 2. The van der Waals surface area contributed by atoms with E-state index in [0.29, 0.717) is 38.9 Å². The van der Waals surface area contributed by atoms with Gasteiger partial charge in [0.25, 0.3) is 5.56 Å². The smallest absolute Gasteiger partial charge is 0.303 e. The van der Waals surface area contributed by atoms with Gasteiger partial charge in [-0.05, 0) is 41.5 Å². The minimum Gasteiger partial charge on any atom is -0.481 e. The molecule has 0 radical (unpaired) electrons. The Morgan fingerprint density at radius 3 is 2.59 bits per heavy atom. The SMILES string of the molecule is O=C(O)CCC(=O)N1N=C(c2c(-c3ccccc3)c3cc(Cl)ccc3[nH]c2=O)CC1c1ccc2c(c1)OCO2. The number of pyridine rings is 1. The number of carboxylic acid groups (broad SMARTS) is 1. The number of hydrazone groups is 1. The van der Waals surface area contributed by atoms with Crippen LogP contribution < -0.4 is 15.0 Å². The Bertz CT molecular complexity index is 1720. The molecule has 0 saturated carbocycles. The van der Waals surface area contributed by atoms with Gasteiger partial charge in [-0.2, -0.15) is 5.10 Å². The number of aliphatic carboxylic acids is 1. The van der Waals surface area contributed by atoms with Gasteiger partial charge in [0.15, 0.2) is 11.5 Å². The van der Waals surface area contributed by atoms with E-state index in [4.69, 9.17) is 26.2 Å². The molecule has 1 amide bonds. The highest BCUT2D eigenvalue weighted by Gasteiger charge is 2.36. The fourth-order valence-electron chi connectivity index (χ4n) is 5.05. The van der Waals surface area contributed by atoms with E-state index in [9.17, 15) is 14.4 Å². The van der Waals surface area contributed by atoms with E-state index in [0.717, 1.165) is 16.5 Å². The monoisotopic (exact) mass is 543 g/mol. The Labute approximate surface area is 227 Å². The van der Waals surface area contributed by atoms with E-state index in [1.54, 1.807) is 30.3 Å². The van der Waals surface area contributed by atoms with Gasteiger partial charge in [-0.1, -0.05) is 48.0 Å². The average Bonchev–Trinajstić information content (AvgIpc) is 3.59. The lowest BCUT2D eigenvalue weighted by Gasteiger charge is -2.22. The van der Waals surface area contributed by atoms with Crippen LogP contribution in [0.5, 0.6) is 11.5 Å². The highest BCUT2D eigenvalue weighted by molar-refractivity contribution is 6.31. The number of nitrogens with one attached hydrogen (secondary N) is 1. The number of nitrogens with zero attached hydrogens (tertiary/aromatic N) is 2. The van der Waals surface area contributed by atoms with Crippen LogP contribution in [-0.2, 0) is 9.59 Å². The van der Waals surface area contributed by atoms with Crippen LogP contribution in [0.3, 0.4) is 0 Å². The average molecular weight is 544 g/mol. The molecule has 0 spiro atoms. The molecule has 0 saturated heterocycles. The van der Waals surface area contributed by atoms with E-state index in [-0.39, 0.29) is 31.6 Å². The van der Waals surface area contributed by atoms with Gasteiger partial charge in [0.05, 0.1) is 23.7 Å². The molecule has 0 aliphatic carbocycles. The predicted molar refractivity (Wildman–Crippen MR) is 145 cm³/mol. The Morgan fingerprint density at radius 1 is 1.00 bits per heavy atom. The molecule has 0 bridgehead atoms. The first kappa shape index (κ1) is 24.7. The van der Waals surface area contributed by atoms with Gasteiger partial charge in [0.2, 0.25) is 12.7 Å². The molecule has 39 heavy (non-hydrogen) atoms. The van der Waals surface area contributed by atoms with E-state index in [1.165, 1.54) is 5.01 Å². The summed E-state index contributed by atoms with van der Waals surface area (Å²) >= 11 is 6.36. The molecule has 1 atom stereocenters. The molecule has 2 N–H and O–H groups in total. The predicted octanol–water partition coefficient (Wildman–Crippen LogP) is 5.12. The second kappa shape index (κ2) is 9.92. The van der Waals surface area contributed by atoms with Crippen molar-refractivity contribution < 1.29 is 24.2 Å². The van der Waals surface area contributed by atoms with Crippen molar-refractivity contribution >= 4 is 40.1 Å². The number of amides is 1. The number of carbonyl (C=O) groups is 2. The van der Waals surface area contributed by atoms with Crippen LogP contribution >= 0.6 is 11.6 Å². The summed E-state index contributed by atoms with van der Waals surface area (Å²) in [6, 6.07) is 19.5. The molecule has 9 nitrogen and oxygen atoms in total. The quantitative estimate of drug-likeness (QED) is 0.348. The van der Waals surface area contributed by atoms with Crippen molar-refractivity contribution in [3.8, 4) is 22.6 Å². The van der Waals surface area contributed by atoms with Gasteiger partial charge in [-0.3, -0.25) is 14.4 Å². The Morgan fingerprint density at radius 2 is 1.79 bits per heavy atom. The van der Waals surface area contributed by atoms with Gasteiger partial charge in [-0.25, -0.2) is 5.01 Å². The summed E-state index contributed by atoms with van der Waals surface area (Å²) in [4.78, 5) is 41.0. The number of fused-ring (bicyclic) bond motifs is 2. The van der Waals surface area contributed by atoms with Crippen LogP contribution in [0.2, 0.25) is 5.02 Å². The summed E-state index contributed by atoms with van der Waals surface area (Å²) in [6.45, 7) is 0.0991. The molecular weight excluding hydrogens is 522 g/mol. The minimum absolute atomic E-state index is 0.0991. The molecule has 1 unspecified atom stereocenters. The topological polar surface area (TPSA) is 121 Å². The van der Waals surface area contributed by atoms with Gasteiger partial charge in [0, 0.05) is 34.3 Å². The summed E-state index contributed by atoms with van der Waals surface area (Å²) in [7, 11) is 0. The molecular formula is C29H22ClN3O6. The lowest BCUT2D eigenvalue weighted by atomic mass is 9.91. The molecule has 4 aromatic rings. The van der Waals surface area contributed by atoms with Crippen LogP contribution in [0.25, 0.3) is 22.0 Å². The van der Waals surface area contributed by atoms with Crippen LogP contribution in [0.15, 0.2) is 76.6 Å². The highest BCUT2D eigenvalue weighted by atomic mass is 35.5. The molecule has 10 heteroatoms. The summed E-state index contributed by atoms with van der Waals surface area (Å²) < 4.78 is 11.0. The van der Waals surface area contributed by atoms with Crippen molar-refractivity contribution in [1.29, 1.82) is 0 Å². The number of aromatic amines is 1. The first-order valence-corrected chi connectivity index (χ1v) is 12.7. The second-order valence-electron chi connectivity index (χ2n) is 9.27. The maximum atomic E-state index is 13.6. The molecule has 2 aliphatic rings. The van der Waals surface area contributed by atoms with Gasteiger partial charge < -0.3 is 19.6 Å². The standard InChI is InChI=1S/C29H22ClN3O6/c30-18-7-8-20-19(13-18)27(16-4-2-1-3-5-16)28(29(37)31-20)21-14-22(33(32-21)25(34)10-11-26(35)36)17-6-9-23-24(12-17)39-15-38-23/h1-9,12-13,22H,10-11,14-15H2,(H,31,37)(H,35,36). The van der Waals surface area contributed by atoms with E-state index in [2.05, 4.69) is 10.1 Å². The molecule has 2 aliphatic heterocycles. The number of aromatic nitrogens is 1. The number of carbonyl (C=O) groups excluding carboxylic acids is 1. The first-order valence-electron chi connectivity index (χ1n) is 12.3. The molecule has 3 heterocycles. The Hall–Kier alpha value is -4.63. The third-order valence-corrected chi connectivity index (χ3v) is 7.06. The molecule has 0 fully saturated rings. The third kappa shape index (κ3) is 4.61. The van der Waals surface area contributed by atoms with Crippen molar-refractivity contribution in [2.75, 3.05) is 6.79 Å². The summed E-state index contributed by atoms with van der Waals surface area (Å²) in [5.74, 6) is -0.407. The third-order valence-electron chi connectivity index (χ3n) is 6.83. The van der Waals surface area contributed by atoms with Crippen molar-refractivity contribution in [2.24, 2.45) is 5.10 Å². The Balaban J connectivity index is 1.51. The molecule has 6 rings (SSSR count). The van der Waals surface area contributed by atoms with Crippen molar-refractivity contribution in [1.82, 2.24) is 9.99 Å². The molecule has 3 aromatic carbocycles. The summed E-state index contributed by atoms with van der Waals surface area (Å²) in [6.07, 6.45) is -0.339. The highest BCUT2D eigenvalue weighted by Crippen LogP contribution is 2.41. The van der Waals surface area contributed by atoms with Crippen LogP contribution in [0, 0.1) is 0 Å². The zero-order chi connectivity index (χ0) is 27.1. The number of hydrogen-bond acceptors (Lipinski definition) is 6. The van der Waals surface area contributed by atoms with Gasteiger partial charge in [0.1, 0.15) is 0 Å². The maximum Gasteiger partial charge on any atom is 0.303 e. The van der Waals surface area contributed by atoms with E-state index in [1.807, 2.05) is 36.4 Å². The lowest BCUT2D eigenvalue weighted by molar-refractivity contribution is -0.141. The van der Waals surface area contributed by atoms with E-state index < -0.39 is 17.9 Å². The molecule has 1 aromatic heterocycles. The number of rotatable bonds is 6. The van der Waals surface area contributed by atoms with Crippen LogP contribution in [-0.4, -0.2) is 39.5 Å². The van der Waals surface area contributed by atoms with E-state index >= 15 is 0 Å². The summed E-state index contributed by atoms with van der Waals surface area (Å²) in [5, 5.41) is 16.3. The fraction of sp³-hybridized carbons (Fsp3) is 0.172. The lowest BCUT2D eigenvalue weighted by Crippen LogP contribution is -2.27. The van der Waals surface area contributed by atoms with Crippen LogP contribution in [0.1, 0.15) is 36.4 Å². The first-order chi connectivity index (χ1) is 18.9.